The minimum Gasteiger partial charge on any atom is -0.508 e. The molecule has 5 rings (SSSR count). The maximum Gasteiger partial charge on any atom is 0.328 e. The summed E-state index contributed by atoms with van der Waals surface area (Å²) in [5, 5.41) is 10.8. The molecule has 1 aromatic heterocycles. The number of imide groups is 1. The van der Waals surface area contributed by atoms with Crippen molar-refractivity contribution in [3.05, 3.63) is 64.1 Å². The van der Waals surface area contributed by atoms with Gasteiger partial charge in [0, 0.05) is 36.1 Å². The number of nitrogens with one attached hydrogen (secondary N) is 1. The van der Waals surface area contributed by atoms with Crippen LogP contribution in [0.1, 0.15) is 36.7 Å². The highest BCUT2D eigenvalue weighted by Gasteiger charge is 2.59. The molecule has 0 radical (unpaired) electrons. The number of hydrogen-bond acceptors (Lipinski definition) is 4. The van der Waals surface area contributed by atoms with E-state index in [2.05, 4.69) is 9.88 Å². The normalized spacial score (nSPS) is 21.8. The summed E-state index contributed by atoms with van der Waals surface area (Å²) in [4.78, 5) is 35.8. The predicted molar refractivity (Wildman–Crippen MR) is 132 cm³/mol. The van der Waals surface area contributed by atoms with E-state index < -0.39 is 17.4 Å². The van der Waals surface area contributed by atoms with Crippen molar-refractivity contribution in [1.29, 1.82) is 0 Å². The summed E-state index contributed by atoms with van der Waals surface area (Å²) in [6.45, 7) is 5.52. The molecular weight excluding hydrogens is 471 g/mol. The molecule has 1 unspecified atom stereocenters. The van der Waals surface area contributed by atoms with Gasteiger partial charge in [-0.05, 0) is 62.3 Å². The topological polar surface area (TPSA) is 79.9 Å². The number of aromatic nitrogens is 1. The number of aromatic amines is 1. The van der Waals surface area contributed by atoms with Gasteiger partial charge in [-0.2, -0.15) is 0 Å². The summed E-state index contributed by atoms with van der Waals surface area (Å²) >= 11 is 6.12. The number of rotatable bonds is 6. The van der Waals surface area contributed by atoms with Gasteiger partial charge in [0.2, 0.25) is 0 Å². The van der Waals surface area contributed by atoms with Crippen molar-refractivity contribution in [3.63, 3.8) is 0 Å². The highest BCUT2D eigenvalue weighted by Crippen LogP contribution is 2.47. The van der Waals surface area contributed by atoms with E-state index in [0.717, 1.165) is 28.8 Å². The highest BCUT2D eigenvalue weighted by atomic mass is 35.5. The van der Waals surface area contributed by atoms with E-state index in [1.807, 2.05) is 20.0 Å². The smallest absolute Gasteiger partial charge is 0.328 e. The fourth-order valence-electron chi connectivity index (χ4n) is 5.40. The molecule has 2 N–H and O–H groups in total. The molecular formula is C26H28ClFN4O3. The number of H-pyrrole nitrogens is 1. The lowest BCUT2D eigenvalue weighted by molar-refractivity contribution is -0.133. The van der Waals surface area contributed by atoms with Crippen molar-refractivity contribution in [2.75, 3.05) is 26.7 Å². The SMILES string of the molecule is CCN(C)CCN1C(=O)N2C(Cc3cccc(O)c3)c3[nH]c4cc(F)c(Cl)cc4c3C[C@@]2(C)C1=O. The summed E-state index contributed by atoms with van der Waals surface area (Å²) in [5.74, 6) is -0.645. The van der Waals surface area contributed by atoms with E-state index in [1.165, 1.54) is 11.0 Å². The molecule has 0 bridgehead atoms. The number of halogens is 2. The minimum atomic E-state index is -1.09. The van der Waals surface area contributed by atoms with Gasteiger partial charge in [-0.25, -0.2) is 9.18 Å². The third-order valence-corrected chi connectivity index (χ3v) is 7.69. The zero-order chi connectivity index (χ0) is 25.1. The fraction of sp³-hybridized carbons (Fsp3) is 0.385. The number of phenolic OH excluding ortho intramolecular Hbond substituents is 1. The first kappa shape index (κ1) is 23.6. The summed E-state index contributed by atoms with van der Waals surface area (Å²) in [6, 6.07) is 8.96. The second-order valence-corrected chi connectivity index (χ2v) is 10.1. The maximum atomic E-state index is 14.3. The number of urea groups is 1. The Hall–Kier alpha value is -3.10. The lowest BCUT2D eigenvalue weighted by Crippen LogP contribution is -2.53. The molecule has 1 saturated heterocycles. The van der Waals surface area contributed by atoms with Crippen LogP contribution in [0.2, 0.25) is 5.02 Å². The van der Waals surface area contributed by atoms with E-state index >= 15 is 0 Å². The van der Waals surface area contributed by atoms with Crippen LogP contribution in [0.25, 0.3) is 10.9 Å². The number of nitrogens with zero attached hydrogens (tertiary/aromatic N) is 3. The van der Waals surface area contributed by atoms with Gasteiger partial charge in [-0.3, -0.25) is 9.69 Å². The van der Waals surface area contributed by atoms with Gasteiger partial charge in [-0.15, -0.1) is 0 Å². The average molecular weight is 499 g/mol. The summed E-state index contributed by atoms with van der Waals surface area (Å²) in [6.07, 6.45) is 0.674. The molecule has 2 atom stereocenters. The van der Waals surface area contributed by atoms with Crippen molar-refractivity contribution >= 4 is 34.4 Å². The van der Waals surface area contributed by atoms with Gasteiger partial charge < -0.3 is 19.9 Å². The number of fused-ring (bicyclic) bond motifs is 4. The third kappa shape index (κ3) is 3.76. The van der Waals surface area contributed by atoms with Crippen molar-refractivity contribution in [3.8, 4) is 5.75 Å². The second-order valence-electron chi connectivity index (χ2n) is 9.67. The summed E-state index contributed by atoms with van der Waals surface area (Å²) < 4.78 is 14.3. The van der Waals surface area contributed by atoms with Crippen molar-refractivity contribution < 1.29 is 19.1 Å². The van der Waals surface area contributed by atoms with Crippen LogP contribution in [0.5, 0.6) is 5.75 Å². The Morgan fingerprint density at radius 2 is 2.06 bits per heavy atom. The summed E-state index contributed by atoms with van der Waals surface area (Å²) in [5.41, 5.74) is 1.92. The standard InChI is InChI=1S/C26H28ClFN4O3/c1-4-30(3)8-9-31-24(34)26(2)14-18-17-12-19(27)20(28)13-21(17)29-23(18)22(32(26)25(31)35)11-15-6-5-7-16(33)10-15/h5-7,10,12-13,22,29,33H,4,8-9,11,14H2,1-3H3/t22?,26-/m0/s1. The second kappa shape index (κ2) is 8.53. The Labute approximate surface area is 208 Å². The molecule has 0 saturated carbocycles. The zero-order valence-electron chi connectivity index (χ0n) is 19.9. The average Bonchev–Trinajstić information content (AvgIpc) is 3.24. The van der Waals surface area contributed by atoms with Crippen LogP contribution in [0.15, 0.2) is 36.4 Å². The molecule has 2 aliphatic heterocycles. The van der Waals surface area contributed by atoms with Crippen LogP contribution in [0.3, 0.4) is 0 Å². The molecule has 3 aromatic rings. The van der Waals surface area contributed by atoms with Crippen LogP contribution < -0.4 is 0 Å². The van der Waals surface area contributed by atoms with E-state index in [1.54, 1.807) is 36.1 Å². The Bertz CT molecular complexity index is 1340. The number of phenols is 1. The molecule has 2 aliphatic rings. The van der Waals surface area contributed by atoms with Crippen molar-refractivity contribution in [1.82, 2.24) is 19.7 Å². The van der Waals surface area contributed by atoms with Gasteiger partial charge in [-0.1, -0.05) is 30.7 Å². The molecule has 0 spiro atoms. The Balaban J connectivity index is 1.63. The van der Waals surface area contributed by atoms with Gasteiger partial charge >= 0.3 is 6.03 Å². The molecule has 184 valence electrons. The number of benzene rings is 2. The first-order chi connectivity index (χ1) is 16.6. The number of carbonyl (C=O) groups excluding carboxylic acids is 2. The zero-order valence-corrected chi connectivity index (χ0v) is 20.7. The molecule has 3 amide bonds. The van der Waals surface area contributed by atoms with Crippen LogP contribution in [-0.4, -0.2) is 68.9 Å². The predicted octanol–water partition coefficient (Wildman–Crippen LogP) is 4.48. The minimum absolute atomic E-state index is 0.00877. The lowest BCUT2D eigenvalue weighted by Gasteiger charge is -2.42. The third-order valence-electron chi connectivity index (χ3n) is 7.41. The number of hydrogen-bond donors (Lipinski definition) is 2. The molecule has 0 aliphatic carbocycles. The van der Waals surface area contributed by atoms with Crippen molar-refractivity contribution in [2.24, 2.45) is 0 Å². The van der Waals surface area contributed by atoms with Gasteiger partial charge in [0.05, 0.1) is 11.1 Å². The molecule has 9 heteroatoms. The number of aromatic hydroxyl groups is 1. The largest absolute Gasteiger partial charge is 0.508 e. The molecule has 35 heavy (non-hydrogen) atoms. The Kier molecular flexibility index (Phi) is 5.76. The highest BCUT2D eigenvalue weighted by molar-refractivity contribution is 6.31. The molecule has 3 heterocycles. The number of carbonyl (C=O) groups is 2. The quantitative estimate of drug-likeness (QED) is 0.491. The molecule has 1 fully saturated rings. The van der Waals surface area contributed by atoms with E-state index in [4.69, 9.17) is 11.6 Å². The van der Waals surface area contributed by atoms with Crippen LogP contribution in [-0.2, 0) is 17.6 Å². The van der Waals surface area contributed by atoms with Crippen LogP contribution in [0.4, 0.5) is 9.18 Å². The number of amides is 3. The molecule has 7 nitrogen and oxygen atoms in total. The monoisotopic (exact) mass is 498 g/mol. The van der Waals surface area contributed by atoms with E-state index in [9.17, 15) is 19.1 Å². The van der Waals surface area contributed by atoms with Gasteiger partial charge in [0.1, 0.15) is 17.1 Å². The van der Waals surface area contributed by atoms with Gasteiger partial charge in [0.25, 0.3) is 5.91 Å². The Morgan fingerprint density at radius 1 is 1.29 bits per heavy atom. The molecule has 2 aromatic carbocycles. The maximum absolute atomic E-state index is 14.3. The van der Waals surface area contributed by atoms with Gasteiger partial charge in [0.15, 0.2) is 0 Å². The van der Waals surface area contributed by atoms with E-state index in [0.29, 0.717) is 31.4 Å². The van der Waals surface area contributed by atoms with E-state index in [-0.39, 0.29) is 22.7 Å². The first-order valence-electron chi connectivity index (χ1n) is 11.7. The lowest BCUT2D eigenvalue weighted by atomic mass is 9.81. The first-order valence-corrected chi connectivity index (χ1v) is 12.1. The van der Waals surface area contributed by atoms with Crippen LogP contribution in [0, 0.1) is 5.82 Å². The fourth-order valence-corrected chi connectivity index (χ4v) is 5.56. The summed E-state index contributed by atoms with van der Waals surface area (Å²) in [7, 11) is 1.95. The van der Waals surface area contributed by atoms with Crippen molar-refractivity contribution in [2.45, 2.75) is 38.3 Å². The number of likely N-dealkylation sites (N-methyl/N-ethyl adjacent to an activating group) is 1. The Morgan fingerprint density at radius 3 is 2.77 bits per heavy atom. The van der Waals surface area contributed by atoms with Crippen LogP contribution >= 0.6 is 11.6 Å².